The Hall–Kier alpha value is -3.86. The molecule has 0 radical (unpaired) electrons. The molecule has 0 amide bonds. The summed E-state index contributed by atoms with van der Waals surface area (Å²) in [4.78, 5) is 2.12. The number of hydrogen-bond acceptors (Lipinski definition) is 6. The second-order valence-corrected chi connectivity index (χ2v) is 7.91. The van der Waals surface area contributed by atoms with Crippen molar-refractivity contribution >= 4 is 29.2 Å². The van der Waals surface area contributed by atoms with Gasteiger partial charge in [-0.15, -0.1) is 10.2 Å². The van der Waals surface area contributed by atoms with E-state index >= 15 is 0 Å². The van der Waals surface area contributed by atoms with E-state index in [0.717, 1.165) is 11.3 Å². The molecule has 1 aliphatic heterocycles. The van der Waals surface area contributed by atoms with Crippen molar-refractivity contribution in [2.24, 2.45) is 0 Å². The van der Waals surface area contributed by atoms with Crippen molar-refractivity contribution in [2.45, 2.75) is 0 Å². The molecule has 0 bridgehead atoms. The molecule has 2 aromatic heterocycles. The van der Waals surface area contributed by atoms with E-state index in [1.807, 2.05) is 71.3 Å². The molecular formula is C25H20ClN5O2. The Balaban J connectivity index is 1.55. The van der Waals surface area contributed by atoms with Gasteiger partial charge in [-0.3, -0.25) is 4.57 Å². The van der Waals surface area contributed by atoms with Gasteiger partial charge < -0.3 is 14.1 Å². The third-order valence-corrected chi connectivity index (χ3v) is 5.61. The van der Waals surface area contributed by atoms with Gasteiger partial charge in [0.2, 0.25) is 5.95 Å². The zero-order chi connectivity index (χ0) is 22.6. The summed E-state index contributed by atoms with van der Waals surface area (Å²) in [5.41, 5.74) is 2.13. The van der Waals surface area contributed by atoms with Crippen LogP contribution < -0.4 is 4.90 Å². The second kappa shape index (κ2) is 9.33. The molecule has 8 heteroatoms. The third kappa shape index (κ3) is 4.40. The van der Waals surface area contributed by atoms with E-state index in [9.17, 15) is 5.26 Å². The maximum Gasteiger partial charge on any atom is 0.232 e. The monoisotopic (exact) mass is 457 g/mol. The molecule has 0 atom stereocenters. The molecule has 3 heterocycles. The van der Waals surface area contributed by atoms with E-state index in [1.165, 1.54) is 0 Å². The van der Waals surface area contributed by atoms with Crippen LogP contribution in [0.2, 0.25) is 5.02 Å². The summed E-state index contributed by atoms with van der Waals surface area (Å²) in [6.07, 6.45) is 1.69. The van der Waals surface area contributed by atoms with Crippen LogP contribution in [0.4, 0.5) is 5.95 Å². The molecule has 0 saturated carbocycles. The van der Waals surface area contributed by atoms with Gasteiger partial charge in [0.15, 0.2) is 5.82 Å². The molecule has 33 heavy (non-hydrogen) atoms. The fourth-order valence-corrected chi connectivity index (χ4v) is 3.85. The van der Waals surface area contributed by atoms with Gasteiger partial charge in [-0.05, 0) is 48.5 Å². The van der Waals surface area contributed by atoms with E-state index in [4.69, 9.17) is 20.8 Å². The number of para-hydroxylation sites is 1. The quantitative estimate of drug-likeness (QED) is 0.389. The highest BCUT2D eigenvalue weighted by Crippen LogP contribution is 2.29. The fraction of sp³-hybridized carbons (Fsp3) is 0.160. The first-order chi connectivity index (χ1) is 16.2. The molecule has 0 aliphatic carbocycles. The minimum absolute atomic E-state index is 0.350. The molecule has 5 rings (SSSR count). The normalized spacial score (nSPS) is 14.3. The van der Waals surface area contributed by atoms with Gasteiger partial charge in [0, 0.05) is 29.8 Å². The highest BCUT2D eigenvalue weighted by molar-refractivity contribution is 6.30. The Kier molecular flexibility index (Phi) is 5.94. The summed E-state index contributed by atoms with van der Waals surface area (Å²) in [5, 5.41) is 19.5. The number of ether oxygens (including phenoxy) is 1. The van der Waals surface area contributed by atoms with E-state index in [2.05, 4.69) is 21.2 Å². The Morgan fingerprint density at radius 1 is 0.970 bits per heavy atom. The molecule has 1 fully saturated rings. The van der Waals surface area contributed by atoms with E-state index in [1.54, 1.807) is 6.08 Å². The molecular weight excluding hydrogens is 438 g/mol. The molecule has 164 valence electrons. The fourth-order valence-electron chi connectivity index (χ4n) is 3.72. The number of hydrogen-bond donors (Lipinski definition) is 0. The molecule has 1 saturated heterocycles. The zero-order valence-corrected chi connectivity index (χ0v) is 18.4. The number of morpholine rings is 1. The average molecular weight is 458 g/mol. The summed E-state index contributed by atoms with van der Waals surface area (Å²) in [6.45, 7) is 2.66. The van der Waals surface area contributed by atoms with Gasteiger partial charge >= 0.3 is 0 Å². The topological polar surface area (TPSA) is 80.1 Å². The average Bonchev–Trinajstić information content (AvgIpc) is 3.52. The van der Waals surface area contributed by atoms with Crippen LogP contribution in [0.3, 0.4) is 0 Å². The number of halogens is 1. The number of rotatable bonds is 5. The Labute approximate surface area is 196 Å². The van der Waals surface area contributed by atoms with E-state index in [-0.39, 0.29) is 0 Å². The predicted molar refractivity (Wildman–Crippen MR) is 127 cm³/mol. The van der Waals surface area contributed by atoms with Gasteiger partial charge in [0.05, 0.1) is 18.9 Å². The number of furan rings is 1. The van der Waals surface area contributed by atoms with Crippen molar-refractivity contribution in [1.29, 1.82) is 5.26 Å². The highest BCUT2D eigenvalue weighted by Gasteiger charge is 2.23. The SMILES string of the molecule is N#C/C(=C\c1ccc(-c2ccc(Cl)cc2)o1)c1nnc(N2CCOCC2)n1-c1ccccc1. The molecule has 0 unspecified atom stereocenters. The first-order valence-electron chi connectivity index (χ1n) is 10.5. The van der Waals surface area contributed by atoms with Crippen molar-refractivity contribution in [2.75, 3.05) is 31.2 Å². The minimum atomic E-state index is 0.350. The predicted octanol–water partition coefficient (Wildman–Crippen LogP) is 5.08. The molecule has 0 N–H and O–H groups in total. The number of nitrogens with zero attached hydrogens (tertiary/aromatic N) is 5. The van der Waals surface area contributed by atoms with Gasteiger partial charge in [-0.1, -0.05) is 29.8 Å². The maximum absolute atomic E-state index is 10.00. The van der Waals surface area contributed by atoms with Crippen molar-refractivity contribution < 1.29 is 9.15 Å². The Morgan fingerprint density at radius 3 is 2.45 bits per heavy atom. The van der Waals surface area contributed by atoms with Crippen LogP contribution >= 0.6 is 11.6 Å². The van der Waals surface area contributed by atoms with Crippen molar-refractivity contribution in [3.63, 3.8) is 0 Å². The van der Waals surface area contributed by atoms with Crippen LogP contribution in [0.1, 0.15) is 11.6 Å². The van der Waals surface area contributed by atoms with E-state index < -0.39 is 0 Å². The lowest BCUT2D eigenvalue weighted by Gasteiger charge is -2.28. The maximum atomic E-state index is 10.00. The Bertz CT molecular complexity index is 1310. The summed E-state index contributed by atoms with van der Waals surface area (Å²) in [7, 11) is 0. The van der Waals surface area contributed by atoms with Crippen LogP contribution in [0.15, 0.2) is 71.1 Å². The summed E-state index contributed by atoms with van der Waals surface area (Å²) >= 11 is 5.98. The van der Waals surface area contributed by atoms with Crippen LogP contribution in [0.5, 0.6) is 0 Å². The van der Waals surface area contributed by atoms with Crippen molar-refractivity contribution in [3.05, 3.63) is 83.3 Å². The first kappa shape index (κ1) is 21.0. The molecule has 7 nitrogen and oxygen atoms in total. The smallest absolute Gasteiger partial charge is 0.232 e. The molecule has 0 spiro atoms. The van der Waals surface area contributed by atoms with Crippen LogP contribution in [-0.4, -0.2) is 41.1 Å². The van der Waals surface area contributed by atoms with Gasteiger partial charge in [-0.2, -0.15) is 5.26 Å². The summed E-state index contributed by atoms with van der Waals surface area (Å²) in [6, 6.07) is 23.1. The molecule has 2 aromatic carbocycles. The van der Waals surface area contributed by atoms with Crippen LogP contribution in [0, 0.1) is 11.3 Å². The van der Waals surface area contributed by atoms with Crippen LogP contribution in [-0.2, 0) is 4.74 Å². The van der Waals surface area contributed by atoms with Gasteiger partial charge in [-0.25, -0.2) is 0 Å². The molecule has 4 aromatic rings. The van der Waals surface area contributed by atoms with Crippen LogP contribution in [0.25, 0.3) is 28.7 Å². The number of nitriles is 1. The second-order valence-electron chi connectivity index (χ2n) is 7.47. The third-order valence-electron chi connectivity index (χ3n) is 5.36. The highest BCUT2D eigenvalue weighted by atomic mass is 35.5. The van der Waals surface area contributed by atoms with Gasteiger partial charge in [0.1, 0.15) is 23.2 Å². The number of anilines is 1. The lowest BCUT2D eigenvalue weighted by Crippen LogP contribution is -2.38. The van der Waals surface area contributed by atoms with Gasteiger partial charge in [0.25, 0.3) is 0 Å². The number of allylic oxidation sites excluding steroid dienone is 1. The van der Waals surface area contributed by atoms with Crippen molar-refractivity contribution in [3.8, 4) is 23.1 Å². The summed E-state index contributed by atoms with van der Waals surface area (Å²) < 4.78 is 13.4. The molecule has 1 aliphatic rings. The number of aromatic nitrogens is 3. The first-order valence-corrected chi connectivity index (χ1v) is 10.9. The summed E-state index contributed by atoms with van der Waals surface area (Å²) in [5.74, 6) is 2.37. The standard InChI is InChI=1S/C25H20ClN5O2/c26-20-8-6-18(7-9-20)23-11-10-22(33-23)16-19(17-27)24-28-29-25(30-12-14-32-15-13-30)31(24)21-4-2-1-3-5-21/h1-11,16H,12-15H2/b19-16+. The largest absolute Gasteiger partial charge is 0.457 e. The lowest BCUT2D eigenvalue weighted by molar-refractivity contribution is 0.122. The minimum Gasteiger partial charge on any atom is -0.457 e. The number of benzene rings is 2. The van der Waals surface area contributed by atoms with E-state index in [0.29, 0.717) is 60.2 Å². The zero-order valence-electron chi connectivity index (χ0n) is 17.7. The lowest BCUT2D eigenvalue weighted by atomic mass is 10.2. The van der Waals surface area contributed by atoms with Crippen molar-refractivity contribution in [1.82, 2.24) is 14.8 Å². The Morgan fingerprint density at radius 2 is 1.73 bits per heavy atom.